The molecule has 0 N–H and O–H groups in total. The van der Waals surface area contributed by atoms with E-state index in [1.165, 1.54) is 34.4 Å². The minimum Gasteiger partial charge on any atom is -0.464 e. The third-order valence-electron chi connectivity index (χ3n) is 3.95. The van der Waals surface area contributed by atoms with Crippen molar-refractivity contribution in [3.63, 3.8) is 0 Å². The van der Waals surface area contributed by atoms with Crippen LogP contribution < -0.4 is 5.56 Å². The van der Waals surface area contributed by atoms with E-state index >= 15 is 0 Å². The highest BCUT2D eigenvalue weighted by atomic mass is 32.1. The summed E-state index contributed by atoms with van der Waals surface area (Å²) in [6.07, 6.45) is 1.34. The fourth-order valence-corrected chi connectivity index (χ4v) is 3.48. The molecule has 0 aliphatic rings. The van der Waals surface area contributed by atoms with E-state index in [-0.39, 0.29) is 17.9 Å². The molecule has 0 saturated carbocycles. The molecule has 0 spiro atoms. The molecule has 3 rings (SSSR count). The number of carbonyl (C=O) groups is 1. The lowest BCUT2D eigenvalue weighted by molar-refractivity contribution is -0.384. The van der Waals surface area contributed by atoms with Crippen LogP contribution in [0.3, 0.4) is 0 Å². The number of hydrogen-bond acceptors (Lipinski definition) is 7. The molecule has 26 heavy (non-hydrogen) atoms. The fourth-order valence-electron chi connectivity index (χ4n) is 2.57. The monoisotopic (exact) mass is 373 g/mol. The van der Waals surface area contributed by atoms with Crippen molar-refractivity contribution in [3.8, 4) is 11.1 Å². The number of ether oxygens (including phenoxy) is 1. The first-order valence-electron chi connectivity index (χ1n) is 7.83. The maximum atomic E-state index is 12.9. The lowest BCUT2D eigenvalue weighted by atomic mass is 10.1. The molecule has 0 aliphatic carbocycles. The van der Waals surface area contributed by atoms with Gasteiger partial charge >= 0.3 is 5.97 Å². The summed E-state index contributed by atoms with van der Waals surface area (Å²) in [5.74, 6) is -0.511. The summed E-state index contributed by atoms with van der Waals surface area (Å²) in [5.41, 5.74) is 0.912. The Kier molecular flexibility index (Phi) is 4.81. The molecule has 0 saturated heterocycles. The number of benzene rings is 1. The fraction of sp³-hybridized carbons (Fsp3) is 0.235. The lowest BCUT2D eigenvalue weighted by Crippen LogP contribution is -2.29. The zero-order chi connectivity index (χ0) is 18.8. The van der Waals surface area contributed by atoms with Crippen LogP contribution in [-0.2, 0) is 9.53 Å². The Balaban J connectivity index is 2.11. The van der Waals surface area contributed by atoms with Crippen LogP contribution in [0, 0.1) is 10.1 Å². The smallest absolute Gasteiger partial charge is 0.328 e. The molecule has 2 aromatic heterocycles. The first-order chi connectivity index (χ1) is 12.4. The number of hydrogen-bond donors (Lipinski definition) is 0. The maximum absolute atomic E-state index is 12.9. The van der Waals surface area contributed by atoms with Crippen molar-refractivity contribution in [3.05, 3.63) is 56.4 Å². The average molecular weight is 373 g/mol. The predicted octanol–water partition coefficient (Wildman–Crippen LogP) is 3.16. The summed E-state index contributed by atoms with van der Waals surface area (Å²) < 4.78 is 6.21. The molecular weight excluding hydrogens is 358 g/mol. The number of fused-ring (bicyclic) bond motifs is 1. The highest BCUT2D eigenvalue weighted by molar-refractivity contribution is 7.17. The number of rotatable bonds is 5. The van der Waals surface area contributed by atoms with E-state index in [9.17, 15) is 19.7 Å². The van der Waals surface area contributed by atoms with Gasteiger partial charge in [0.25, 0.3) is 11.2 Å². The van der Waals surface area contributed by atoms with Gasteiger partial charge in [0.1, 0.15) is 10.9 Å². The molecule has 0 radical (unpaired) electrons. The van der Waals surface area contributed by atoms with Gasteiger partial charge in [-0.2, -0.15) is 0 Å². The van der Waals surface area contributed by atoms with Gasteiger partial charge in [0.05, 0.1) is 23.2 Å². The van der Waals surface area contributed by atoms with Gasteiger partial charge in [0, 0.05) is 23.1 Å². The molecular formula is C17H15N3O5S. The second-order valence-electron chi connectivity index (χ2n) is 5.52. The van der Waals surface area contributed by atoms with E-state index in [0.717, 1.165) is 0 Å². The minimum absolute atomic E-state index is 0.0280. The molecule has 0 aliphatic heterocycles. The largest absolute Gasteiger partial charge is 0.464 e. The quantitative estimate of drug-likeness (QED) is 0.386. The predicted molar refractivity (Wildman–Crippen MR) is 97.3 cm³/mol. The summed E-state index contributed by atoms with van der Waals surface area (Å²) in [6, 6.07) is 5.14. The van der Waals surface area contributed by atoms with Gasteiger partial charge in [-0.1, -0.05) is 0 Å². The number of esters is 1. The van der Waals surface area contributed by atoms with Gasteiger partial charge in [-0.05, 0) is 31.5 Å². The first-order valence-corrected chi connectivity index (χ1v) is 8.71. The average Bonchev–Trinajstić information content (AvgIpc) is 3.07. The number of nitrogens with zero attached hydrogens (tertiary/aromatic N) is 3. The topological polar surface area (TPSA) is 104 Å². The second-order valence-corrected chi connectivity index (χ2v) is 6.38. The van der Waals surface area contributed by atoms with Crippen LogP contribution in [0.15, 0.2) is 40.8 Å². The van der Waals surface area contributed by atoms with Crippen LogP contribution in [0.2, 0.25) is 0 Å². The van der Waals surface area contributed by atoms with E-state index < -0.39 is 16.9 Å². The summed E-state index contributed by atoms with van der Waals surface area (Å²) in [5, 5.41) is 13.0. The van der Waals surface area contributed by atoms with Gasteiger partial charge in [0.2, 0.25) is 0 Å². The van der Waals surface area contributed by atoms with Gasteiger partial charge in [0.15, 0.2) is 0 Å². The first kappa shape index (κ1) is 17.7. The molecule has 2 heterocycles. The van der Waals surface area contributed by atoms with Crippen molar-refractivity contribution in [1.82, 2.24) is 9.55 Å². The van der Waals surface area contributed by atoms with Gasteiger partial charge in [-0.3, -0.25) is 19.5 Å². The Bertz CT molecular complexity index is 1040. The van der Waals surface area contributed by atoms with Crippen molar-refractivity contribution < 1.29 is 14.5 Å². The van der Waals surface area contributed by atoms with Crippen molar-refractivity contribution in [2.24, 2.45) is 0 Å². The Morgan fingerprint density at radius 1 is 1.38 bits per heavy atom. The third kappa shape index (κ3) is 3.08. The third-order valence-corrected chi connectivity index (χ3v) is 4.84. The van der Waals surface area contributed by atoms with Gasteiger partial charge in [-0.15, -0.1) is 11.3 Å². The van der Waals surface area contributed by atoms with Gasteiger partial charge in [-0.25, -0.2) is 9.78 Å². The standard InChI is InChI=1S/C17H15N3O5S/c1-3-25-17(22)10(2)19-9-18-15-14(16(19)21)13(8-26-15)11-4-6-12(7-5-11)20(23)24/h4-10H,3H2,1-2H3. The van der Waals surface area contributed by atoms with Crippen LogP contribution in [0.1, 0.15) is 19.9 Å². The molecule has 1 unspecified atom stereocenters. The molecule has 8 nitrogen and oxygen atoms in total. The van der Waals surface area contributed by atoms with Crippen molar-refractivity contribution in [2.45, 2.75) is 19.9 Å². The van der Waals surface area contributed by atoms with Crippen molar-refractivity contribution in [1.29, 1.82) is 0 Å². The van der Waals surface area contributed by atoms with E-state index in [1.54, 1.807) is 31.4 Å². The number of nitro benzene ring substituents is 1. The maximum Gasteiger partial charge on any atom is 0.328 e. The summed E-state index contributed by atoms with van der Waals surface area (Å²) in [4.78, 5) is 40.0. The van der Waals surface area contributed by atoms with Gasteiger partial charge < -0.3 is 4.74 Å². The zero-order valence-corrected chi connectivity index (χ0v) is 14.9. The Morgan fingerprint density at radius 2 is 2.08 bits per heavy atom. The number of non-ortho nitro benzene ring substituents is 1. The van der Waals surface area contributed by atoms with E-state index in [4.69, 9.17) is 4.74 Å². The SMILES string of the molecule is CCOC(=O)C(C)n1cnc2scc(-c3ccc([N+](=O)[O-])cc3)c2c1=O. The zero-order valence-electron chi connectivity index (χ0n) is 14.0. The Labute approximate surface area is 151 Å². The second kappa shape index (κ2) is 7.04. The van der Waals surface area contributed by atoms with Crippen LogP contribution >= 0.6 is 11.3 Å². The molecule has 9 heteroatoms. The molecule has 1 atom stereocenters. The summed E-state index contributed by atoms with van der Waals surface area (Å²) >= 11 is 1.30. The van der Waals surface area contributed by atoms with E-state index in [0.29, 0.717) is 21.3 Å². The molecule has 0 amide bonds. The van der Waals surface area contributed by atoms with Crippen LogP contribution in [0.4, 0.5) is 5.69 Å². The number of thiophene rings is 1. The molecule has 0 bridgehead atoms. The number of nitro groups is 1. The van der Waals surface area contributed by atoms with Crippen LogP contribution in [-0.4, -0.2) is 27.1 Å². The lowest BCUT2D eigenvalue weighted by Gasteiger charge is -2.13. The summed E-state index contributed by atoms with van der Waals surface area (Å²) in [6.45, 7) is 3.49. The number of carbonyl (C=O) groups excluding carboxylic acids is 1. The van der Waals surface area contributed by atoms with Crippen LogP contribution in [0.25, 0.3) is 21.3 Å². The van der Waals surface area contributed by atoms with Crippen molar-refractivity contribution in [2.75, 3.05) is 6.61 Å². The van der Waals surface area contributed by atoms with E-state index in [1.807, 2.05) is 0 Å². The highest BCUT2D eigenvalue weighted by Gasteiger charge is 2.21. The Morgan fingerprint density at radius 3 is 2.69 bits per heavy atom. The van der Waals surface area contributed by atoms with E-state index in [2.05, 4.69) is 4.98 Å². The number of aromatic nitrogens is 2. The van der Waals surface area contributed by atoms with Crippen LogP contribution in [0.5, 0.6) is 0 Å². The molecule has 3 aromatic rings. The summed E-state index contributed by atoms with van der Waals surface area (Å²) in [7, 11) is 0. The Hall–Kier alpha value is -3.07. The highest BCUT2D eigenvalue weighted by Crippen LogP contribution is 2.31. The van der Waals surface area contributed by atoms with Crippen molar-refractivity contribution >= 4 is 33.2 Å². The minimum atomic E-state index is -0.802. The molecule has 0 fully saturated rings. The molecule has 134 valence electrons. The normalized spacial score (nSPS) is 12.1. The molecule has 1 aromatic carbocycles.